The van der Waals surface area contributed by atoms with Crippen LogP contribution in [0.5, 0.6) is 5.75 Å². The first-order valence-corrected chi connectivity index (χ1v) is 8.83. The highest BCUT2D eigenvalue weighted by molar-refractivity contribution is 6.32. The standard InChI is InChI=1S/C18H25ClN2O5/c1-4-14(26-15-8-6-5-7-12(15)19)17(23)20-10-16(22)21-13(18(24)25)9-11(2)3/h5-8,11,13-14H,4,9-10H2,1-3H3,(H,20,23)(H,21,22)(H,24,25)/t13-,14?/m0/s1. The van der Waals surface area contributed by atoms with Crippen LogP contribution in [-0.2, 0) is 14.4 Å². The molecule has 26 heavy (non-hydrogen) atoms. The summed E-state index contributed by atoms with van der Waals surface area (Å²) in [5.41, 5.74) is 0. The van der Waals surface area contributed by atoms with Gasteiger partial charge in [0.15, 0.2) is 6.10 Å². The van der Waals surface area contributed by atoms with Gasteiger partial charge in [-0.1, -0.05) is 44.5 Å². The number of amides is 2. The van der Waals surface area contributed by atoms with E-state index in [1.54, 1.807) is 31.2 Å². The fourth-order valence-corrected chi connectivity index (χ4v) is 2.42. The Labute approximate surface area is 158 Å². The van der Waals surface area contributed by atoms with E-state index in [1.165, 1.54) is 0 Å². The number of hydrogen-bond donors (Lipinski definition) is 3. The smallest absolute Gasteiger partial charge is 0.326 e. The molecular weight excluding hydrogens is 360 g/mol. The molecule has 8 heteroatoms. The van der Waals surface area contributed by atoms with Gasteiger partial charge in [0.05, 0.1) is 11.6 Å². The highest BCUT2D eigenvalue weighted by Crippen LogP contribution is 2.24. The van der Waals surface area contributed by atoms with Crippen LogP contribution in [-0.4, -0.2) is 41.6 Å². The normalized spacial score (nSPS) is 13.0. The van der Waals surface area contributed by atoms with Crippen LogP contribution in [0.3, 0.4) is 0 Å². The van der Waals surface area contributed by atoms with E-state index in [0.717, 1.165) is 0 Å². The maximum absolute atomic E-state index is 12.2. The molecule has 3 N–H and O–H groups in total. The van der Waals surface area contributed by atoms with Crippen molar-refractivity contribution in [2.45, 2.75) is 45.8 Å². The van der Waals surface area contributed by atoms with Gasteiger partial charge >= 0.3 is 5.97 Å². The fourth-order valence-electron chi connectivity index (χ4n) is 2.24. The molecule has 0 radical (unpaired) electrons. The van der Waals surface area contributed by atoms with Crippen LogP contribution in [0.4, 0.5) is 0 Å². The average molecular weight is 385 g/mol. The highest BCUT2D eigenvalue weighted by Gasteiger charge is 2.23. The van der Waals surface area contributed by atoms with Crippen molar-refractivity contribution in [1.82, 2.24) is 10.6 Å². The monoisotopic (exact) mass is 384 g/mol. The molecule has 1 aromatic carbocycles. The zero-order valence-electron chi connectivity index (χ0n) is 15.1. The number of carboxylic acid groups (broad SMARTS) is 1. The number of ether oxygens (including phenoxy) is 1. The quantitative estimate of drug-likeness (QED) is 0.573. The Bertz CT molecular complexity index is 636. The molecule has 0 saturated carbocycles. The lowest BCUT2D eigenvalue weighted by atomic mass is 10.0. The van der Waals surface area contributed by atoms with Crippen molar-refractivity contribution < 1.29 is 24.2 Å². The number of carbonyl (C=O) groups excluding carboxylic acids is 2. The minimum Gasteiger partial charge on any atom is -0.480 e. The first-order chi connectivity index (χ1) is 12.2. The molecule has 2 atom stereocenters. The van der Waals surface area contributed by atoms with Gasteiger partial charge in [-0.15, -0.1) is 0 Å². The number of aliphatic carboxylic acids is 1. The SMILES string of the molecule is CCC(Oc1ccccc1Cl)C(=O)NCC(=O)N[C@@H](CC(C)C)C(=O)O. The van der Waals surface area contributed by atoms with E-state index in [-0.39, 0.29) is 12.5 Å². The molecule has 0 fully saturated rings. The van der Waals surface area contributed by atoms with Crippen molar-refractivity contribution in [2.24, 2.45) is 5.92 Å². The van der Waals surface area contributed by atoms with Crippen molar-refractivity contribution in [3.05, 3.63) is 29.3 Å². The summed E-state index contributed by atoms with van der Waals surface area (Å²) in [4.78, 5) is 35.3. The summed E-state index contributed by atoms with van der Waals surface area (Å²) >= 11 is 6.01. The number of carbonyl (C=O) groups is 3. The molecule has 1 unspecified atom stereocenters. The van der Waals surface area contributed by atoms with Crippen molar-refractivity contribution in [3.63, 3.8) is 0 Å². The first kappa shape index (κ1) is 21.8. The first-order valence-electron chi connectivity index (χ1n) is 8.45. The number of hydrogen-bond acceptors (Lipinski definition) is 4. The molecular formula is C18H25ClN2O5. The third-order valence-corrected chi connectivity index (χ3v) is 3.84. The summed E-state index contributed by atoms with van der Waals surface area (Å²) in [5.74, 6) is -1.66. The Balaban J connectivity index is 2.56. The van der Waals surface area contributed by atoms with Gasteiger partial charge in [-0.3, -0.25) is 9.59 Å². The van der Waals surface area contributed by atoms with Gasteiger partial charge < -0.3 is 20.5 Å². The number of carboxylic acids is 1. The number of rotatable bonds is 10. The summed E-state index contributed by atoms with van der Waals surface area (Å²) in [6, 6.07) is 5.79. The van der Waals surface area contributed by atoms with E-state index >= 15 is 0 Å². The van der Waals surface area contributed by atoms with Gasteiger partial charge in [-0.05, 0) is 30.9 Å². The van der Waals surface area contributed by atoms with Crippen molar-refractivity contribution >= 4 is 29.4 Å². The second-order valence-electron chi connectivity index (χ2n) is 6.25. The van der Waals surface area contributed by atoms with Crippen LogP contribution in [0.1, 0.15) is 33.6 Å². The van der Waals surface area contributed by atoms with Gasteiger partial charge in [0.2, 0.25) is 5.91 Å². The Kier molecular flexibility index (Phi) is 8.92. The molecule has 0 aliphatic heterocycles. The van der Waals surface area contributed by atoms with Crippen LogP contribution in [0.25, 0.3) is 0 Å². The van der Waals surface area contributed by atoms with Crippen molar-refractivity contribution in [2.75, 3.05) is 6.54 Å². The Morgan fingerprint density at radius 2 is 1.88 bits per heavy atom. The molecule has 0 saturated heterocycles. The predicted octanol–water partition coefficient (Wildman–Crippen LogP) is 2.23. The zero-order valence-corrected chi connectivity index (χ0v) is 15.9. The number of halogens is 1. The molecule has 1 rings (SSSR count). The van der Waals surface area contributed by atoms with Crippen LogP contribution < -0.4 is 15.4 Å². The average Bonchev–Trinajstić information content (AvgIpc) is 2.58. The zero-order chi connectivity index (χ0) is 19.7. The van der Waals surface area contributed by atoms with Crippen LogP contribution in [0, 0.1) is 5.92 Å². The second-order valence-corrected chi connectivity index (χ2v) is 6.66. The molecule has 0 heterocycles. The van der Waals surface area contributed by atoms with E-state index in [9.17, 15) is 14.4 Å². The maximum atomic E-state index is 12.2. The lowest BCUT2D eigenvalue weighted by Crippen LogP contribution is -2.48. The highest BCUT2D eigenvalue weighted by atomic mass is 35.5. The van der Waals surface area contributed by atoms with E-state index < -0.39 is 29.9 Å². The van der Waals surface area contributed by atoms with E-state index in [1.807, 2.05) is 13.8 Å². The van der Waals surface area contributed by atoms with E-state index in [0.29, 0.717) is 23.6 Å². The number of para-hydroxylation sites is 1. The minimum atomic E-state index is -1.10. The maximum Gasteiger partial charge on any atom is 0.326 e. The van der Waals surface area contributed by atoms with Crippen LogP contribution in [0.2, 0.25) is 5.02 Å². The van der Waals surface area contributed by atoms with Gasteiger partial charge in [0.1, 0.15) is 11.8 Å². The topological polar surface area (TPSA) is 105 Å². The summed E-state index contributed by atoms with van der Waals surface area (Å²) in [5, 5.41) is 14.4. The van der Waals surface area contributed by atoms with Gasteiger partial charge in [-0.25, -0.2) is 4.79 Å². The molecule has 0 aliphatic carbocycles. The summed E-state index contributed by atoms with van der Waals surface area (Å²) in [6.07, 6.45) is -0.125. The lowest BCUT2D eigenvalue weighted by molar-refractivity contribution is -0.142. The van der Waals surface area contributed by atoms with Gasteiger partial charge in [-0.2, -0.15) is 0 Å². The molecule has 2 amide bonds. The third-order valence-electron chi connectivity index (χ3n) is 3.53. The molecule has 7 nitrogen and oxygen atoms in total. The fraction of sp³-hybridized carbons (Fsp3) is 0.500. The van der Waals surface area contributed by atoms with Crippen LogP contribution >= 0.6 is 11.6 Å². The molecule has 144 valence electrons. The molecule has 0 aliphatic rings. The Hall–Kier alpha value is -2.28. The van der Waals surface area contributed by atoms with Crippen molar-refractivity contribution in [1.29, 1.82) is 0 Å². The minimum absolute atomic E-state index is 0.111. The Morgan fingerprint density at radius 1 is 1.23 bits per heavy atom. The van der Waals surface area contributed by atoms with Crippen molar-refractivity contribution in [3.8, 4) is 5.75 Å². The number of benzene rings is 1. The molecule has 0 aromatic heterocycles. The van der Waals surface area contributed by atoms with E-state index in [4.69, 9.17) is 21.4 Å². The van der Waals surface area contributed by atoms with Gasteiger partial charge in [0, 0.05) is 0 Å². The predicted molar refractivity (Wildman–Crippen MR) is 98.2 cm³/mol. The molecule has 1 aromatic rings. The summed E-state index contributed by atoms with van der Waals surface area (Å²) < 4.78 is 5.59. The molecule has 0 spiro atoms. The van der Waals surface area contributed by atoms with E-state index in [2.05, 4.69) is 10.6 Å². The largest absolute Gasteiger partial charge is 0.480 e. The van der Waals surface area contributed by atoms with Gasteiger partial charge in [0.25, 0.3) is 5.91 Å². The third kappa shape index (κ3) is 7.31. The number of nitrogens with one attached hydrogen (secondary N) is 2. The second kappa shape index (κ2) is 10.7. The van der Waals surface area contributed by atoms with Crippen LogP contribution in [0.15, 0.2) is 24.3 Å². The Morgan fingerprint density at radius 3 is 2.42 bits per heavy atom. The molecule has 0 bridgehead atoms. The summed E-state index contributed by atoms with van der Waals surface area (Å²) in [6.45, 7) is 5.16. The summed E-state index contributed by atoms with van der Waals surface area (Å²) in [7, 11) is 0. The lowest BCUT2D eigenvalue weighted by Gasteiger charge is -2.19.